The van der Waals surface area contributed by atoms with E-state index in [4.69, 9.17) is 23.2 Å². The number of hydrogen-bond donors (Lipinski definition) is 2. The number of rotatable bonds is 4. The topological polar surface area (TPSA) is 32.3 Å². The van der Waals surface area contributed by atoms with E-state index in [2.05, 4.69) is 5.32 Å². The van der Waals surface area contributed by atoms with Crippen molar-refractivity contribution in [3.05, 3.63) is 33.8 Å². The van der Waals surface area contributed by atoms with Crippen LogP contribution in [0.1, 0.15) is 31.2 Å². The molecule has 18 heavy (non-hydrogen) atoms. The summed E-state index contributed by atoms with van der Waals surface area (Å²) >= 11 is 11.8. The Morgan fingerprint density at radius 3 is 2.78 bits per heavy atom. The van der Waals surface area contributed by atoms with Crippen molar-refractivity contribution in [1.29, 1.82) is 0 Å². The summed E-state index contributed by atoms with van der Waals surface area (Å²) in [5.41, 5.74) is 1.14. The molecule has 0 radical (unpaired) electrons. The van der Waals surface area contributed by atoms with Crippen molar-refractivity contribution in [3.8, 4) is 0 Å². The van der Waals surface area contributed by atoms with E-state index in [1.165, 1.54) is 6.42 Å². The maximum atomic E-state index is 9.60. The lowest BCUT2D eigenvalue weighted by molar-refractivity contribution is 0.101. The minimum Gasteiger partial charge on any atom is -0.393 e. The number of nitrogens with one attached hydrogen (secondary N) is 1. The van der Waals surface area contributed by atoms with Crippen LogP contribution in [-0.4, -0.2) is 17.8 Å². The zero-order valence-electron chi connectivity index (χ0n) is 10.3. The fourth-order valence-corrected chi connectivity index (χ4v) is 2.84. The Morgan fingerprint density at radius 1 is 1.22 bits per heavy atom. The highest BCUT2D eigenvalue weighted by atomic mass is 35.5. The van der Waals surface area contributed by atoms with Crippen LogP contribution in [0, 0.1) is 5.92 Å². The second kappa shape index (κ2) is 6.76. The first-order valence-electron chi connectivity index (χ1n) is 6.48. The quantitative estimate of drug-likeness (QED) is 0.886. The molecule has 1 aliphatic rings. The van der Waals surface area contributed by atoms with Gasteiger partial charge >= 0.3 is 0 Å². The minimum absolute atomic E-state index is 0.101. The van der Waals surface area contributed by atoms with Gasteiger partial charge in [-0.3, -0.25) is 0 Å². The zero-order chi connectivity index (χ0) is 13.0. The third-order valence-corrected chi connectivity index (χ3v) is 4.24. The molecule has 1 saturated carbocycles. The highest BCUT2D eigenvalue weighted by Crippen LogP contribution is 2.24. The summed E-state index contributed by atoms with van der Waals surface area (Å²) in [6.45, 7) is 1.75. The molecule has 1 aromatic rings. The van der Waals surface area contributed by atoms with Gasteiger partial charge in [0.25, 0.3) is 0 Å². The van der Waals surface area contributed by atoms with Crippen molar-refractivity contribution in [2.75, 3.05) is 6.54 Å². The van der Waals surface area contributed by atoms with Gasteiger partial charge in [-0.25, -0.2) is 0 Å². The van der Waals surface area contributed by atoms with Crippen molar-refractivity contribution < 1.29 is 5.11 Å². The fraction of sp³-hybridized carbons (Fsp3) is 0.571. The van der Waals surface area contributed by atoms with Crippen molar-refractivity contribution in [2.24, 2.45) is 5.92 Å². The maximum Gasteiger partial charge on any atom is 0.0595 e. The Morgan fingerprint density at radius 2 is 2.06 bits per heavy atom. The number of benzene rings is 1. The van der Waals surface area contributed by atoms with E-state index >= 15 is 0 Å². The van der Waals surface area contributed by atoms with Crippen LogP contribution in [0.4, 0.5) is 0 Å². The molecule has 2 unspecified atom stereocenters. The van der Waals surface area contributed by atoms with E-state index in [9.17, 15) is 5.11 Å². The van der Waals surface area contributed by atoms with Gasteiger partial charge in [0.05, 0.1) is 16.1 Å². The summed E-state index contributed by atoms with van der Waals surface area (Å²) in [5.74, 6) is 0.594. The molecule has 0 aromatic heterocycles. The van der Waals surface area contributed by atoms with Crippen LogP contribution in [0.5, 0.6) is 0 Å². The third kappa shape index (κ3) is 4.13. The number of aliphatic hydroxyl groups excluding tert-OH is 1. The molecule has 2 atom stereocenters. The molecule has 0 spiro atoms. The van der Waals surface area contributed by atoms with E-state index in [0.717, 1.165) is 37.9 Å². The van der Waals surface area contributed by atoms with E-state index in [1.54, 1.807) is 0 Å². The van der Waals surface area contributed by atoms with Gasteiger partial charge in [-0.15, -0.1) is 0 Å². The van der Waals surface area contributed by atoms with E-state index in [0.29, 0.717) is 16.0 Å². The standard InChI is InChI=1S/C14H19Cl2NO/c15-13-5-4-11(7-14(13)16)9-17-8-10-2-1-3-12(18)6-10/h4-5,7,10,12,17-18H,1-3,6,8-9H2. The molecule has 100 valence electrons. The summed E-state index contributed by atoms with van der Waals surface area (Å²) in [4.78, 5) is 0. The maximum absolute atomic E-state index is 9.60. The molecular weight excluding hydrogens is 269 g/mol. The second-order valence-corrected chi connectivity index (χ2v) is 5.88. The molecule has 2 rings (SSSR count). The average molecular weight is 288 g/mol. The lowest BCUT2D eigenvalue weighted by Crippen LogP contribution is -2.28. The Kier molecular flexibility index (Phi) is 5.31. The molecule has 0 saturated heterocycles. The lowest BCUT2D eigenvalue weighted by Gasteiger charge is -2.26. The van der Waals surface area contributed by atoms with Gasteiger partial charge in [0.2, 0.25) is 0 Å². The lowest BCUT2D eigenvalue weighted by atomic mass is 9.87. The average Bonchev–Trinajstić information content (AvgIpc) is 2.34. The van der Waals surface area contributed by atoms with E-state index in [-0.39, 0.29) is 6.10 Å². The van der Waals surface area contributed by atoms with Crippen molar-refractivity contribution in [2.45, 2.75) is 38.3 Å². The van der Waals surface area contributed by atoms with E-state index in [1.807, 2.05) is 18.2 Å². The minimum atomic E-state index is -0.101. The molecule has 1 aromatic carbocycles. The second-order valence-electron chi connectivity index (χ2n) is 5.07. The van der Waals surface area contributed by atoms with Gasteiger partial charge in [-0.1, -0.05) is 35.7 Å². The third-order valence-electron chi connectivity index (χ3n) is 3.50. The first kappa shape index (κ1) is 14.1. The van der Waals surface area contributed by atoms with Gasteiger partial charge in [-0.05, 0) is 49.4 Å². The molecule has 1 aliphatic carbocycles. The molecule has 1 fully saturated rings. The number of aliphatic hydroxyl groups is 1. The Bertz CT molecular complexity index is 397. The van der Waals surface area contributed by atoms with Crippen LogP contribution in [-0.2, 0) is 6.54 Å². The smallest absolute Gasteiger partial charge is 0.0595 e. The SMILES string of the molecule is OC1CCCC(CNCc2ccc(Cl)c(Cl)c2)C1. The summed E-state index contributed by atoms with van der Waals surface area (Å²) in [7, 11) is 0. The molecule has 0 bridgehead atoms. The molecular formula is C14H19Cl2NO. The Labute approximate surface area is 118 Å². The summed E-state index contributed by atoms with van der Waals surface area (Å²) in [5, 5.41) is 14.2. The summed E-state index contributed by atoms with van der Waals surface area (Å²) < 4.78 is 0. The number of halogens is 2. The highest BCUT2D eigenvalue weighted by molar-refractivity contribution is 6.42. The first-order valence-corrected chi connectivity index (χ1v) is 7.23. The normalized spacial score (nSPS) is 24.2. The fourth-order valence-electron chi connectivity index (χ4n) is 2.52. The molecule has 0 amide bonds. The van der Waals surface area contributed by atoms with Crippen LogP contribution >= 0.6 is 23.2 Å². The molecule has 2 N–H and O–H groups in total. The number of hydrogen-bond acceptors (Lipinski definition) is 2. The van der Waals surface area contributed by atoms with Gasteiger partial charge < -0.3 is 10.4 Å². The zero-order valence-corrected chi connectivity index (χ0v) is 11.8. The van der Waals surface area contributed by atoms with E-state index < -0.39 is 0 Å². The van der Waals surface area contributed by atoms with Crippen LogP contribution < -0.4 is 5.32 Å². The van der Waals surface area contributed by atoms with Gasteiger partial charge in [-0.2, -0.15) is 0 Å². The van der Waals surface area contributed by atoms with Crippen molar-refractivity contribution in [1.82, 2.24) is 5.32 Å². The molecule has 2 nitrogen and oxygen atoms in total. The van der Waals surface area contributed by atoms with Gasteiger partial charge in [0, 0.05) is 6.54 Å². The van der Waals surface area contributed by atoms with Crippen LogP contribution in [0.3, 0.4) is 0 Å². The van der Waals surface area contributed by atoms with Crippen LogP contribution in [0.25, 0.3) is 0 Å². The Hall–Kier alpha value is -0.280. The van der Waals surface area contributed by atoms with Crippen LogP contribution in [0.15, 0.2) is 18.2 Å². The predicted octanol–water partition coefficient (Wildman–Crippen LogP) is 3.63. The monoisotopic (exact) mass is 287 g/mol. The summed E-state index contributed by atoms with van der Waals surface area (Å²) in [6, 6.07) is 5.70. The molecule has 0 heterocycles. The largest absolute Gasteiger partial charge is 0.393 e. The van der Waals surface area contributed by atoms with Crippen LogP contribution in [0.2, 0.25) is 10.0 Å². The molecule has 0 aliphatic heterocycles. The molecule has 4 heteroatoms. The summed E-state index contributed by atoms with van der Waals surface area (Å²) in [6.07, 6.45) is 4.14. The van der Waals surface area contributed by atoms with Gasteiger partial charge in [0.15, 0.2) is 0 Å². The highest BCUT2D eigenvalue weighted by Gasteiger charge is 2.19. The van der Waals surface area contributed by atoms with Gasteiger partial charge in [0.1, 0.15) is 0 Å². The van der Waals surface area contributed by atoms with Crippen molar-refractivity contribution in [3.63, 3.8) is 0 Å². The first-order chi connectivity index (χ1) is 8.65. The predicted molar refractivity (Wildman–Crippen MR) is 76.1 cm³/mol. The Balaban J connectivity index is 1.76. The van der Waals surface area contributed by atoms with Crippen molar-refractivity contribution >= 4 is 23.2 Å².